The minimum Gasteiger partial charge on any atom is -0.497 e. The molecule has 0 saturated carbocycles. The van der Waals surface area contributed by atoms with Crippen LogP contribution < -0.4 is 9.47 Å². The molecule has 0 atom stereocenters. The van der Waals surface area contributed by atoms with Gasteiger partial charge in [0.1, 0.15) is 11.5 Å². The topological polar surface area (TPSA) is 68.1 Å². The van der Waals surface area contributed by atoms with E-state index in [9.17, 15) is 4.79 Å². The highest BCUT2D eigenvalue weighted by atomic mass is 16.5. The van der Waals surface area contributed by atoms with Crippen molar-refractivity contribution >= 4 is 11.7 Å². The first-order valence-electron chi connectivity index (χ1n) is 6.29. The third kappa shape index (κ3) is 3.60. The molecule has 0 amide bonds. The largest absolute Gasteiger partial charge is 0.497 e. The Morgan fingerprint density at radius 3 is 2.00 bits per heavy atom. The maximum Gasteiger partial charge on any atom is 0.343 e. The molecule has 0 saturated heterocycles. The molecule has 0 aromatic heterocycles. The molecule has 2 aromatic carbocycles. The minimum atomic E-state index is -0.446. The van der Waals surface area contributed by atoms with E-state index in [1.54, 1.807) is 62.6 Å². The normalized spacial score (nSPS) is 11.0. The number of rotatable bonds is 4. The summed E-state index contributed by atoms with van der Waals surface area (Å²) in [6.45, 7) is 1.68. The van der Waals surface area contributed by atoms with Gasteiger partial charge in [0.25, 0.3) is 0 Å². The monoisotopic (exact) mass is 285 g/mol. The summed E-state index contributed by atoms with van der Waals surface area (Å²) < 4.78 is 10.3. The zero-order chi connectivity index (χ0) is 15.2. The minimum absolute atomic E-state index is 0.422. The Bertz CT molecular complexity index is 645. The third-order valence-corrected chi connectivity index (χ3v) is 2.96. The van der Waals surface area contributed by atoms with Crippen LogP contribution in [-0.2, 0) is 0 Å². The fourth-order valence-corrected chi connectivity index (χ4v) is 1.71. The van der Waals surface area contributed by atoms with E-state index in [4.69, 9.17) is 14.7 Å². The van der Waals surface area contributed by atoms with Crippen molar-refractivity contribution in [1.82, 2.24) is 0 Å². The molecule has 0 aliphatic rings. The van der Waals surface area contributed by atoms with Crippen molar-refractivity contribution in [2.45, 2.75) is 6.92 Å². The van der Waals surface area contributed by atoms with Gasteiger partial charge in [-0.1, -0.05) is 5.16 Å². The molecule has 0 heterocycles. The number of oxime groups is 1. The molecule has 5 nitrogen and oxygen atoms in total. The average Bonchev–Trinajstić information content (AvgIpc) is 2.55. The first kappa shape index (κ1) is 14.6. The lowest BCUT2D eigenvalue weighted by Gasteiger charge is -2.06. The van der Waals surface area contributed by atoms with Crippen LogP contribution in [0.25, 0.3) is 0 Å². The van der Waals surface area contributed by atoms with Crippen LogP contribution in [0.5, 0.6) is 11.5 Å². The molecule has 1 N–H and O–H groups in total. The Kier molecular flexibility index (Phi) is 4.56. The zero-order valence-corrected chi connectivity index (χ0v) is 11.7. The standard InChI is InChI=1S/C16H15NO4/c1-11(17-19)12-3-9-15(10-4-12)21-16(18)13-5-7-14(20-2)8-6-13/h3-10,19H,1-2H3/b17-11+. The summed E-state index contributed by atoms with van der Waals surface area (Å²) in [5.74, 6) is 0.651. The first-order chi connectivity index (χ1) is 10.1. The Morgan fingerprint density at radius 2 is 1.48 bits per heavy atom. The van der Waals surface area contributed by atoms with Gasteiger partial charge in [-0.3, -0.25) is 0 Å². The molecule has 0 fully saturated rings. The molecule has 0 radical (unpaired) electrons. The highest BCUT2D eigenvalue weighted by Crippen LogP contribution is 2.16. The van der Waals surface area contributed by atoms with E-state index in [0.717, 1.165) is 5.56 Å². The summed E-state index contributed by atoms with van der Waals surface area (Å²) in [4.78, 5) is 12.0. The Labute approximate surface area is 122 Å². The molecule has 21 heavy (non-hydrogen) atoms. The van der Waals surface area contributed by atoms with Gasteiger partial charge in [0.05, 0.1) is 18.4 Å². The van der Waals surface area contributed by atoms with Crippen LogP contribution in [0.4, 0.5) is 0 Å². The molecule has 2 aromatic rings. The molecule has 2 rings (SSSR count). The van der Waals surface area contributed by atoms with Crippen molar-refractivity contribution in [3.8, 4) is 11.5 Å². The van der Waals surface area contributed by atoms with Gasteiger partial charge in [-0.05, 0) is 61.0 Å². The number of hydrogen-bond donors (Lipinski definition) is 1. The molecule has 0 bridgehead atoms. The van der Waals surface area contributed by atoms with Crippen LogP contribution in [0.3, 0.4) is 0 Å². The SMILES string of the molecule is COc1ccc(C(=O)Oc2ccc(/C(C)=N/O)cc2)cc1. The van der Waals surface area contributed by atoms with Gasteiger partial charge >= 0.3 is 5.97 Å². The number of benzene rings is 2. The molecule has 0 spiro atoms. The van der Waals surface area contributed by atoms with Gasteiger partial charge in [-0.25, -0.2) is 4.79 Å². The summed E-state index contributed by atoms with van der Waals surface area (Å²) in [5, 5.41) is 11.8. The maximum absolute atomic E-state index is 12.0. The second kappa shape index (κ2) is 6.56. The van der Waals surface area contributed by atoms with Crippen LogP contribution in [-0.4, -0.2) is 24.0 Å². The second-order valence-corrected chi connectivity index (χ2v) is 4.33. The van der Waals surface area contributed by atoms with E-state index in [1.165, 1.54) is 0 Å². The first-order valence-corrected chi connectivity index (χ1v) is 6.29. The van der Waals surface area contributed by atoms with E-state index in [1.807, 2.05) is 0 Å². The molecular formula is C16H15NO4. The number of hydrogen-bond acceptors (Lipinski definition) is 5. The van der Waals surface area contributed by atoms with Crippen molar-refractivity contribution < 1.29 is 19.5 Å². The molecular weight excluding hydrogens is 270 g/mol. The summed E-state index contributed by atoms with van der Waals surface area (Å²) in [6.07, 6.45) is 0. The molecule has 5 heteroatoms. The van der Waals surface area contributed by atoms with E-state index in [0.29, 0.717) is 22.8 Å². The van der Waals surface area contributed by atoms with Crippen LogP contribution in [0, 0.1) is 0 Å². The van der Waals surface area contributed by atoms with Gasteiger partial charge in [0, 0.05) is 0 Å². The number of carbonyl (C=O) groups is 1. The highest BCUT2D eigenvalue weighted by molar-refractivity contribution is 5.98. The van der Waals surface area contributed by atoms with E-state index in [-0.39, 0.29) is 0 Å². The molecule has 0 unspecified atom stereocenters. The van der Waals surface area contributed by atoms with E-state index in [2.05, 4.69) is 5.16 Å². The predicted octanol–water partition coefficient (Wildman–Crippen LogP) is 3.11. The Balaban J connectivity index is 2.08. The van der Waals surface area contributed by atoms with E-state index >= 15 is 0 Å². The number of ether oxygens (including phenoxy) is 2. The van der Waals surface area contributed by atoms with Crippen molar-refractivity contribution in [3.63, 3.8) is 0 Å². The third-order valence-electron chi connectivity index (χ3n) is 2.96. The lowest BCUT2D eigenvalue weighted by molar-refractivity contribution is 0.0734. The van der Waals surface area contributed by atoms with Crippen LogP contribution in [0.15, 0.2) is 53.7 Å². The fraction of sp³-hybridized carbons (Fsp3) is 0.125. The number of nitrogens with zero attached hydrogens (tertiary/aromatic N) is 1. The molecule has 0 aliphatic carbocycles. The lowest BCUT2D eigenvalue weighted by Crippen LogP contribution is -2.08. The Morgan fingerprint density at radius 1 is 0.952 bits per heavy atom. The summed E-state index contributed by atoms with van der Waals surface area (Å²) in [5.41, 5.74) is 1.68. The van der Waals surface area contributed by atoms with Crippen LogP contribution in [0.2, 0.25) is 0 Å². The van der Waals surface area contributed by atoms with Gasteiger partial charge < -0.3 is 14.7 Å². The van der Waals surface area contributed by atoms with Crippen molar-refractivity contribution in [2.24, 2.45) is 5.16 Å². The molecule has 108 valence electrons. The van der Waals surface area contributed by atoms with Crippen molar-refractivity contribution in [1.29, 1.82) is 0 Å². The number of carbonyl (C=O) groups excluding carboxylic acids is 1. The lowest BCUT2D eigenvalue weighted by atomic mass is 10.1. The van der Waals surface area contributed by atoms with Crippen LogP contribution in [0.1, 0.15) is 22.8 Å². The zero-order valence-electron chi connectivity index (χ0n) is 11.7. The van der Waals surface area contributed by atoms with Gasteiger partial charge in [0.15, 0.2) is 0 Å². The van der Waals surface area contributed by atoms with E-state index < -0.39 is 5.97 Å². The summed E-state index contributed by atoms with van der Waals surface area (Å²) in [7, 11) is 1.56. The Hall–Kier alpha value is -2.82. The highest BCUT2D eigenvalue weighted by Gasteiger charge is 2.09. The smallest absolute Gasteiger partial charge is 0.343 e. The molecule has 0 aliphatic heterocycles. The van der Waals surface area contributed by atoms with Gasteiger partial charge in [-0.15, -0.1) is 0 Å². The summed E-state index contributed by atoms with van der Waals surface area (Å²) in [6, 6.07) is 13.4. The number of methoxy groups -OCH3 is 1. The van der Waals surface area contributed by atoms with Crippen LogP contribution >= 0.6 is 0 Å². The van der Waals surface area contributed by atoms with Gasteiger partial charge in [-0.2, -0.15) is 0 Å². The fourth-order valence-electron chi connectivity index (χ4n) is 1.71. The second-order valence-electron chi connectivity index (χ2n) is 4.33. The average molecular weight is 285 g/mol. The quantitative estimate of drug-likeness (QED) is 0.308. The maximum atomic E-state index is 12.0. The van der Waals surface area contributed by atoms with Gasteiger partial charge in [0.2, 0.25) is 0 Å². The van der Waals surface area contributed by atoms with Crippen molar-refractivity contribution in [3.05, 3.63) is 59.7 Å². The number of esters is 1. The predicted molar refractivity (Wildman–Crippen MR) is 78.4 cm³/mol. The summed E-state index contributed by atoms with van der Waals surface area (Å²) >= 11 is 0. The van der Waals surface area contributed by atoms with Crippen molar-refractivity contribution in [2.75, 3.05) is 7.11 Å².